The average molecular weight is 367 g/mol. The van der Waals surface area contributed by atoms with Gasteiger partial charge in [0.1, 0.15) is 10.6 Å². The number of carboxylic acids is 2. The van der Waals surface area contributed by atoms with E-state index in [2.05, 4.69) is 0 Å². The number of rotatable bonds is 6. The van der Waals surface area contributed by atoms with Gasteiger partial charge in [-0.25, -0.2) is 9.59 Å². The second-order valence-electron chi connectivity index (χ2n) is 4.61. The van der Waals surface area contributed by atoms with Crippen LogP contribution in [0.2, 0.25) is 0 Å². The Hall–Kier alpha value is -3.47. The summed E-state index contributed by atoms with van der Waals surface area (Å²) in [6, 6.07) is 6.48. The molecule has 25 heavy (non-hydrogen) atoms. The molecule has 2 N–H and O–H groups in total. The lowest BCUT2D eigenvalue weighted by atomic mass is 10.1. The normalized spacial score (nSPS) is 10.9. The maximum absolute atomic E-state index is 12.1. The van der Waals surface area contributed by atoms with Crippen molar-refractivity contribution >= 4 is 27.7 Å². The number of aromatic carboxylic acids is 2. The molecule has 0 atom stereocenters. The molecular formula is C14H9NO9S. The van der Waals surface area contributed by atoms with E-state index in [1.165, 1.54) is 0 Å². The molecule has 0 bridgehead atoms. The zero-order valence-corrected chi connectivity index (χ0v) is 13.0. The molecule has 0 aliphatic heterocycles. The van der Waals surface area contributed by atoms with Crippen LogP contribution in [-0.2, 0) is 10.1 Å². The Morgan fingerprint density at radius 2 is 1.52 bits per heavy atom. The molecule has 0 aliphatic carbocycles. The van der Waals surface area contributed by atoms with Crippen LogP contribution in [0.5, 0.6) is 5.75 Å². The highest BCUT2D eigenvalue weighted by Gasteiger charge is 2.21. The van der Waals surface area contributed by atoms with Crippen LogP contribution >= 0.6 is 0 Å². The van der Waals surface area contributed by atoms with Crippen molar-refractivity contribution in [2.24, 2.45) is 0 Å². The molecule has 0 spiro atoms. The number of nitro benzene ring substituents is 1. The van der Waals surface area contributed by atoms with Crippen LogP contribution in [0.4, 0.5) is 5.69 Å². The molecule has 2 aromatic rings. The SMILES string of the molecule is O=C(O)c1ccc(OS(=O)(=O)c2ccc([N+](=O)[O-])cc2)cc1C(=O)O. The largest absolute Gasteiger partial charge is 0.478 e. The molecule has 0 amide bonds. The van der Waals surface area contributed by atoms with Crippen molar-refractivity contribution in [2.75, 3.05) is 0 Å². The van der Waals surface area contributed by atoms with Gasteiger partial charge in [-0.15, -0.1) is 0 Å². The van der Waals surface area contributed by atoms with Crippen LogP contribution in [0.25, 0.3) is 0 Å². The Labute approximate surface area is 140 Å². The first-order valence-corrected chi connectivity index (χ1v) is 7.82. The summed E-state index contributed by atoms with van der Waals surface area (Å²) in [4.78, 5) is 31.5. The van der Waals surface area contributed by atoms with Gasteiger partial charge >= 0.3 is 22.1 Å². The second kappa shape index (κ2) is 6.57. The molecule has 0 saturated heterocycles. The van der Waals surface area contributed by atoms with Gasteiger partial charge in [-0.3, -0.25) is 10.1 Å². The molecule has 130 valence electrons. The Balaban J connectivity index is 2.37. The van der Waals surface area contributed by atoms with Crippen LogP contribution in [-0.4, -0.2) is 35.5 Å². The summed E-state index contributed by atoms with van der Waals surface area (Å²) >= 11 is 0. The molecule has 0 fully saturated rings. The molecule has 0 radical (unpaired) electrons. The summed E-state index contributed by atoms with van der Waals surface area (Å²) in [7, 11) is -4.39. The van der Waals surface area contributed by atoms with E-state index in [9.17, 15) is 28.1 Å². The minimum Gasteiger partial charge on any atom is -0.478 e. The number of hydrogen-bond donors (Lipinski definition) is 2. The summed E-state index contributed by atoms with van der Waals surface area (Å²) in [5.41, 5.74) is -1.51. The Morgan fingerprint density at radius 1 is 0.960 bits per heavy atom. The van der Waals surface area contributed by atoms with Crippen LogP contribution in [0, 0.1) is 10.1 Å². The van der Waals surface area contributed by atoms with E-state index >= 15 is 0 Å². The van der Waals surface area contributed by atoms with Crippen molar-refractivity contribution in [3.63, 3.8) is 0 Å². The number of nitrogens with zero attached hydrogens (tertiary/aromatic N) is 1. The lowest BCUT2D eigenvalue weighted by molar-refractivity contribution is -0.384. The van der Waals surface area contributed by atoms with Gasteiger partial charge < -0.3 is 14.4 Å². The van der Waals surface area contributed by atoms with Gasteiger partial charge in [-0.05, 0) is 30.3 Å². The quantitative estimate of drug-likeness (QED) is 0.440. The van der Waals surface area contributed by atoms with Crippen molar-refractivity contribution in [1.29, 1.82) is 0 Å². The van der Waals surface area contributed by atoms with E-state index < -0.39 is 48.8 Å². The highest BCUT2D eigenvalue weighted by atomic mass is 32.2. The summed E-state index contributed by atoms with van der Waals surface area (Å²) in [6.45, 7) is 0. The maximum Gasteiger partial charge on any atom is 0.339 e. The number of carboxylic acid groups (broad SMARTS) is 2. The third-order valence-corrected chi connectivity index (χ3v) is 4.26. The van der Waals surface area contributed by atoms with Crippen LogP contribution in [0.3, 0.4) is 0 Å². The minimum absolute atomic E-state index is 0.321. The Morgan fingerprint density at radius 3 is 2.00 bits per heavy atom. The standard InChI is InChI=1S/C14H9NO9S/c16-13(17)11-6-3-9(7-12(11)14(18)19)24-25(22,23)10-4-1-8(2-5-10)15(20)21/h1-7H,(H,16,17)(H,18,19). The summed E-state index contributed by atoms with van der Waals surface area (Å²) in [6.07, 6.45) is 0. The predicted octanol–water partition coefficient (Wildman–Crippen LogP) is 1.76. The minimum atomic E-state index is -4.39. The average Bonchev–Trinajstić information content (AvgIpc) is 2.54. The van der Waals surface area contributed by atoms with E-state index in [1.807, 2.05) is 0 Å². The monoisotopic (exact) mass is 367 g/mol. The molecule has 10 nitrogen and oxygen atoms in total. The van der Waals surface area contributed by atoms with Crippen molar-refractivity contribution < 1.29 is 37.3 Å². The van der Waals surface area contributed by atoms with Gasteiger partial charge in [0.05, 0.1) is 16.1 Å². The third-order valence-electron chi connectivity index (χ3n) is 2.99. The molecule has 0 saturated carbocycles. The first-order valence-electron chi connectivity index (χ1n) is 6.41. The Kier molecular flexibility index (Phi) is 4.70. The molecule has 0 aromatic heterocycles. The lowest BCUT2D eigenvalue weighted by Gasteiger charge is -2.09. The zero-order valence-electron chi connectivity index (χ0n) is 12.1. The summed E-state index contributed by atoms with van der Waals surface area (Å²) in [5.74, 6) is -3.49. The van der Waals surface area contributed by atoms with E-state index in [4.69, 9.17) is 14.4 Å². The van der Waals surface area contributed by atoms with Gasteiger partial charge in [-0.1, -0.05) is 0 Å². The van der Waals surface area contributed by atoms with Crippen molar-refractivity contribution in [2.45, 2.75) is 4.90 Å². The fraction of sp³-hybridized carbons (Fsp3) is 0. The van der Waals surface area contributed by atoms with Crippen LogP contribution < -0.4 is 4.18 Å². The Bertz CT molecular complexity index is 964. The van der Waals surface area contributed by atoms with E-state index in [0.717, 1.165) is 42.5 Å². The van der Waals surface area contributed by atoms with E-state index in [-0.39, 0.29) is 5.69 Å². The zero-order chi connectivity index (χ0) is 18.8. The third kappa shape index (κ3) is 3.90. The predicted molar refractivity (Wildman–Crippen MR) is 81.3 cm³/mol. The smallest absolute Gasteiger partial charge is 0.339 e. The van der Waals surface area contributed by atoms with Crippen LogP contribution in [0.1, 0.15) is 20.7 Å². The number of non-ortho nitro benzene ring substituents is 1. The van der Waals surface area contributed by atoms with E-state index in [0.29, 0.717) is 0 Å². The number of carbonyl (C=O) groups is 2. The van der Waals surface area contributed by atoms with Crippen molar-refractivity contribution in [3.05, 3.63) is 63.7 Å². The van der Waals surface area contributed by atoms with Crippen molar-refractivity contribution in [1.82, 2.24) is 0 Å². The summed E-state index contributed by atoms with van der Waals surface area (Å²) < 4.78 is 29.0. The molecular weight excluding hydrogens is 358 g/mol. The fourth-order valence-corrected chi connectivity index (χ4v) is 2.77. The van der Waals surface area contributed by atoms with Gasteiger partial charge in [-0.2, -0.15) is 8.42 Å². The first-order chi connectivity index (χ1) is 11.6. The molecule has 2 aromatic carbocycles. The highest BCUT2D eigenvalue weighted by molar-refractivity contribution is 7.87. The topological polar surface area (TPSA) is 161 Å². The number of benzene rings is 2. The molecule has 0 heterocycles. The number of nitro groups is 1. The van der Waals surface area contributed by atoms with E-state index in [1.54, 1.807) is 0 Å². The highest BCUT2D eigenvalue weighted by Crippen LogP contribution is 2.23. The molecule has 0 aliphatic rings. The molecule has 2 rings (SSSR count). The molecule has 0 unspecified atom stereocenters. The van der Waals surface area contributed by atoms with Crippen LogP contribution in [0.15, 0.2) is 47.4 Å². The first kappa shape index (κ1) is 17.9. The summed E-state index contributed by atoms with van der Waals surface area (Å²) in [5, 5.41) is 28.5. The lowest BCUT2D eigenvalue weighted by Crippen LogP contribution is -2.12. The van der Waals surface area contributed by atoms with Gasteiger partial charge in [0.15, 0.2) is 0 Å². The van der Waals surface area contributed by atoms with Gasteiger partial charge in [0.25, 0.3) is 5.69 Å². The number of hydrogen-bond acceptors (Lipinski definition) is 7. The van der Waals surface area contributed by atoms with Gasteiger partial charge in [0.2, 0.25) is 0 Å². The van der Waals surface area contributed by atoms with Crippen molar-refractivity contribution in [3.8, 4) is 5.75 Å². The fourth-order valence-electron chi connectivity index (χ4n) is 1.85. The molecule has 11 heteroatoms. The second-order valence-corrected chi connectivity index (χ2v) is 6.15. The maximum atomic E-state index is 12.1. The van der Waals surface area contributed by atoms with Gasteiger partial charge in [0, 0.05) is 12.1 Å².